The van der Waals surface area contributed by atoms with Crippen LogP contribution in [-0.4, -0.2) is 132 Å². The first kappa shape index (κ1) is 57.6. The van der Waals surface area contributed by atoms with Gasteiger partial charge in [0.1, 0.15) is 29.9 Å². The monoisotopic (exact) mass is 861 g/mol. The molecule has 0 aliphatic carbocycles. The molecule has 2 unspecified atom stereocenters. The van der Waals surface area contributed by atoms with Crippen molar-refractivity contribution in [1.29, 1.82) is 0 Å². The van der Waals surface area contributed by atoms with Gasteiger partial charge in [-0.05, 0) is 38.8 Å². The Labute approximate surface area is 352 Å². The predicted molar refractivity (Wildman–Crippen MR) is 197 cm³/mol. The molecule has 16 nitrogen and oxygen atoms in total. The molecule has 2 aromatic carbocycles. The number of phenols is 2. The van der Waals surface area contributed by atoms with E-state index in [9.17, 15) is 48.8 Å². The minimum atomic E-state index is -4.72. The number of Topliss-reactive ketones (excluding diaryl/α,β-unsaturated/α-hetero) is 1. The molecular weight excluding hydrogens is 801 g/mol. The smallest absolute Gasteiger partial charge is 0.508 e. The third kappa shape index (κ3) is 27.8. The number of carbonyl (C=O) groups excluding carboxylic acids is 1. The third-order valence-corrected chi connectivity index (χ3v) is 8.91. The van der Waals surface area contributed by atoms with Gasteiger partial charge in [-0.15, -0.1) is 0 Å². The molecule has 0 bridgehead atoms. The van der Waals surface area contributed by atoms with Crippen LogP contribution in [0.1, 0.15) is 63.5 Å². The van der Waals surface area contributed by atoms with E-state index in [-0.39, 0.29) is 103 Å². The van der Waals surface area contributed by atoms with Gasteiger partial charge in [-0.1, -0.05) is 49.2 Å². The van der Waals surface area contributed by atoms with Crippen LogP contribution >= 0.6 is 15.2 Å². The maximum absolute atomic E-state index is 12.4. The molecule has 0 radical (unpaired) electrons. The van der Waals surface area contributed by atoms with Gasteiger partial charge < -0.3 is 54.6 Å². The number of hydrogen-bond acceptors (Lipinski definition) is 12. The van der Waals surface area contributed by atoms with Crippen LogP contribution in [0.4, 0.5) is 0 Å². The van der Waals surface area contributed by atoms with E-state index in [2.05, 4.69) is 0 Å². The molecule has 308 valence electrons. The summed E-state index contributed by atoms with van der Waals surface area (Å²) in [5, 5.41) is 46.7. The average Bonchev–Trinajstić information content (AvgIpc) is 3.05. The maximum Gasteiger partial charge on any atom is 1.00 e. The Morgan fingerprint density at radius 1 is 0.704 bits per heavy atom. The number of aliphatic hydroxyl groups is 3. The van der Waals surface area contributed by atoms with Crippen molar-refractivity contribution in [1.82, 2.24) is 9.80 Å². The average molecular weight is 862 g/mol. The number of nitrogens with zero attached hydrogens (tertiary/aromatic N) is 2. The van der Waals surface area contributed by atoms with Crippen molar-refractivity contribution in [2.45, 2.75) is 77.5 Å². The van der Waals surface area contributed by atoms with Crippen molar-refractivity contribution in [3.63, 3.8) is 0 Å². The number of rotatable bonds is 24. The van der Waals surface area contributed by atoms with E-state index in [1.54, 1.807) is 57.4 Å². The molecule has 9 N–H and O–H groups in total. The number of para-hydroxylation sites is 2. The molecule has 2 atom stereocenters. The second-order valence-electron chi connectivity index (χ2n) is 11.8. The quantitative estimate of drug-likeness (QED) is 0.0382. The molecule has 0 aromatic heterocycles. The summed E-state index contributed by atoms with van der Waals surface area (Å²) in [5.74, 6) is -0.203. The summed E-state index contributed by atoms with van der Waals surface area (Å²) in [7, 11) is -7.88. The Hall–Kier alpha value is -0.751. The second-order valence-corrected chi connectivity index (χ2v) is 15.0. The van der Waals surface area contributed by atoms with Crippen molar-refractivity contribution in [3.05, 3.63) is 59.7 Å². The molecule has 0 aliphatic rings. The topological polar surface area (TPSA) is 258 Å². The number of methoxy groups -OCH3 is 1. The molecule has 2 aromatic rings. The molecule has 0 fully saturated rings. The van der Waals surface area contributed by atoms with E-state index < -0.39 is 46.5 Å². The van der Waals surface area contributed by atoms with E-state index in [0.29, 0.717) is 56.6 Å². The van der Waals surface area contributed by atoms with Crippen LogP contribution in [0.5, 0.6) is 11.5 Å². The first-order valence-electron chi connectivity index (χ1n) is 17.1. The summed E-state index contributed by atoms with van der Waals surface area (Å²) < 4.78 is 34.9. The first-order chi connectivity index (χ1) is 24.6. The number of ketones is 1. The fourth-order valence-corrected chi connectivity index (χ4v) is 6.82. The Morgan fingerprint density at radius 3 is 1.56 bits per heavy atom. The van der Waals surface area contributed by atoms with E-state index in [0.717, 1.165) is 0 Å². The minimum absolute atomic E-state index is 0. The van der Waals surface area contributed by atoms with Crippen LogP contribution < -0.4 is 29.6 Å². The molecule has 0 saturated heterocycles. The van der Waals surface area contributed by atoms with Crippen molar-refractivity contribution in [3.8, 4) is 11.5 Å². The summed E-state index contributed by atoms with van der Waals surface area (Å²) in [6.45, 7) is 4.02. The van der Waals surface area contributed by atoms with Crippen LogP contribution in [0.3, 0.4) is 0 Å². The molecule has 0 spiro atoms. The number of ether oxygens (including phenoxy) is 2. The molecule has 0 saturated carbocycles. The number of unbranched alkanes of at least 4 members (excludes halogenated alkanes) is 2. The Balaban J connectivity index is -0.00000304. The number of aliphatic hydroxyl groups excluding tert-OH is 3. The Morgan fingerprint density at radius 2 is 1.15 bits per heavy atom. The van der Waals surface area contributed by atoms with Crippen LogP contribution in [0.15, 0.2) is 48.5 Å². The Bertz CT molecular complexity index is 1340. The molecule has 0 heterocycles. The van der Waals surface area contributed by atoms with Gasteiger partial charge in [0.2, 0.25) is 0 Å². The van der Waals surface area contributed by atoms with Gasteiger partial charge in [-0.25, -0.2) is 0 Å². The van der Waals surface area contributed by atoms with Gasteiger partial charge in [0.25, 0.3) is 0 Å². The SMILES string of the molecule is CCO.CCO.COCCOCCC(=O)CCCCCC(C(CO)N(Cc1ccccc1O)CP(=O)(O)O)N(Cc1ccccc1O)CP(=O)(O)O.[Fe].[Na+]. The van der Waals surface area contributed by atoms with Gasteiger partial charge in [0, 0.05) is 86.5 Å². The molecule has 2 rings (SSSR count). The van der Waals surface area contributed by atoms with Crippen LogP contribution in [0.25, 0.3) is 0 Å². The largest absolute Gasteiger partial charge is 1.00 e. The number of benzene rings is 2. The fourth-order valence-electron chi connectivity index (χ4n) is 5.25. The Kier molecular flexibility index (Phi) is 35.4. The van der Waals surface area contributed by atoms with Crippen LogP contribution in [-0.2, 0) is 53.6 Å². The zero-order valence-corrected chi connectivity index (χ0v) is 36.7. The van der Waals surface area contributed by atoms with E-state index in [1.165, 1.54) is 21.9 Å². The van der Waals surface area contributed by atoms with Gasteiger partial charge in [0.05, 0.1) is 26.4 Å². The number of hydrogen-bond donors (Lipinski definition) is 9. The van der Waals surface area contributed by atoms with Crippen molar-refractivity contribution in [2.24, 2.45) is 0 Å². The summed E-state index contributed by atoms with van der Waals surface area (Å²) in [6.07, 6.45) is 0.791. The van der Waals surface area contributed by atoms with E-state index >= 15 is 0 Å². The van der Waals surface area contributed by atoms with Crippen LogP contribution in [0.2, 0.25) is 0 Å². The summed E-state index contributed by atoms with van der Waals surface area (Å²) in [5.41, 5.74) is 0.693. The zero-order chi connectivity index (χ0) is 39.6. The molecule has 0 amide bonds. The first-order valence-corrected chi connectivity index (χ1v) is 20.7. The van der Waals surface area contributed by atoms with Gasteiger partial charge in [-0.2, -0.15) is 0 Å². The molecule has 20 heteroatoms. The van der Waals surface area contributed by atoms with Crippen LogP contribution in [0, 0.1) is 0 Å². The maximum atomic E-state index is 12.4. The number of aromatic hydroxyl groups is 2. The molecule has 54 heavy (non-hydrogen) atoms. The number of phenolic OH excluding ortho intramolecular Hbond substituents is 2. The van der Waals surface area contributed by atoms with E-state index in [4.69, 9.17) is 19.7 Å². The zero-order valence-electron chi connectivity index (χ0n) is 31.8. The summed E-state index contributed by atoms with van der Waals surface area (Å²) >= 11 is 0. The summed E-state index contributed by atoms with van der Waals surface area (Å²) in [4.78, 5) is 55.0. The van der Waals surface area contributed by atoms with Crippen molar-refractivity contribution >= 4 is 21.0 Å². The van der Waals surface area contributed by atoms with Gasteiger partial charge >= 0.3 is 44.7 Å². The molecular formula is C34H60FeN2NaO14P2+. The summed E-state index contributed by atoms with van der Waals surface area (Å²) in [6, 6.07) is 10.6. The normalized spacial score (nSPS) is 12.4. The van der Waals surface area contributed by atoms with E-state index in [1.807, 2.05) is 0 Å². The molecule has 0 aliphatic heterocycles. The predicted octanol–water partition coefficient (Wildman–Crippen LogP) is -0.0267. The minimum Gasteiger partial charge on any atom is -0.508 e. The van der Waals surface area contributed by atoms with Gasteiger partial charge in [-0.3, -0.25) is 23.7 Å². The van der Waals surface area contributed by atoms with Crippen molar-refractivity contribution in [2.75, 3.05) is 59.3 Å². The third-order valence-electron chi connectivity index (χ3n) is 7.44. The standard InChI is InChI=1S/C30H48N2O12P2.2C2H6O.Fe.Na/c1-43-17-18-44-16-15-26(34)11-3-2-4-12-27(31(22-45(37,38)39)19-24-9-5-7-13-29(24)35)28(21-33)32(23-46(40,41)42)20-25-10-6-8-14-30(25)36;2*1-2-3;;/h5-10,13-14,27-28,33,35-36H,2-4,11-12,15-23H2,1H3,(H2,37,38,39)(H2,40,41,42);2*3H,2H2,1H3;;/q;;;;+1. The second kappa shape index (κ2) is 33.2. The fraction of sp³-hybridized carbons (Fsp3) is 0.618. The van der Waals surface area contributed by atoms with Gasteiger partial charge in [0.15, 0.2) is 0 Å². The van der Waals surface area contributed by atoms with Crippen molar-refractivity contribution < 1.29 is 115 Å². The number of carbonyl (C=O) groups is 1.